The molecule has 1 aromatic rings. The summed E-state index contributed by atoms with van der Waals surface area (Å²) in [6.07, 6.45) is 2.25. The summed E-state index contributed by atoms with van der Waals surface area (Å²) in [7, 11) is -3.71. The lowest BCUT2D eigenvalue weighted by Crippen LogP contribution is -2.50. The number of carbonyl (C=O) groups is 1. The van der Waals surface area contributed by atoms with E-state index in [0.717, 1.165) is 24.8 Å². The van der Waals surface area contributed by atoms with E-state index in [0.29, 0.717) is 18.9 Å². The number of carbonyl (C=O) groups excluding carboxylic acids is 1. The molecule has 0 unspecified atom stereocenters. The number of benzene rings is 1. The Morgan fingerprint density at radius 2 is 1.97 bits per heavy atom. The van der Waals surface area contributed by atoms with Crippen LogP contribution >= 0.6 is 0 Å². The molecule has 1 amide bonds. The van der Waals surface area contributed by atoms with Gasteiger partial charge in [-0.3, -0.25) is 4.79 Å². The number of amides is 1. The van der Waals surface area contributed by atoms with Gasteiger partial charge in [0, 0.05) is 5.41 Å². The number of fused-ring (bicyclic) bond motifs is 1. The maximum absolute atomic E-state index is 13.8. The van der Waals surface area contributed by atoms with Gasteiger partial charge in [0.05, 0.1) is 37.0 Å². The van der Waals surface area contributed by atoms with Crippen LogP contribution in [0.25, 0.3) is 0 Å². The van der Waals surface area contributed by atoms with Crippen molar-refractivity contribution in [3.63, 3.8) is 0 Å². The molecule has 4 rings (SSSR count). The smallest absolute Gasteiger partial charge is 0.242 e. The summed E-state index contributed by atoms with van der Waals surface area (Å²) < 4.78 is 33.6. The third kappa shape index (κ3) is 3.61. The predicted molar refractivity (Wildman–Crippen MR) is 123 cm³/mol. The molecule has 6 atom stereocenters. The van der Waals surface area contributed by atoms with Gasteiger partial charge < -0.3 is 9.84 Å². The van der Waals surface area contributed by atoms with Crippen LogP contribution in [0.5, 0.6) is 0 Å². The highest BCUT2D eigenvalue weighted by atomic mass is 32.2. The monoisotopic (exact) mass is 463 g/mol. The van der Waals surface area contributed by atoms with E-state index in [4.69, 9.17) is 4.74 Å². The first kappa shape index (κ1) is 23.7. The van der Waals surface area contributed by atoms with Crippen molar-refractivity contribution in [2.75, 3.05) is 12.4 Å². The molecule has 2 saturated carbocycles. The van der Waals surface area contributed by atoms with Gasteiger partial charge >= 0.3 is 0 Å². The molecule has 3 aliphatic rings. The lowest BCUT2D eigenvalue weighted by Gasteiger charge is -2.38. The Bertz CT molecular complexity index is 946. The van der Waals surface area contributed by atoms with Gasteiger partial charge in [0.15, 0.2) is 0 Å². The first-order valence-electron chi connectivity index (χ1n) is 11.9. The average Bonchev–Trinajstić information content (AvgIpc) is 3.22. The Morgan fingerprint density at radius 1 is 1.28 bits per heavy atom. The van der Waals surface area contributed by atoms with Crippen LogP contribution in [0.1, 0.15) is 58.9 Å². The Hall–Kier alpha value is -1.44. The number of aliphatic hydroxyl groups excluding tert-OH is 1. The van der Waals surface area contributed by atoms with Crippen LogP contribution in [0.3, 0.4) is 0 Å². The van der Waals surface area contributed by atoms with E-state index < -0.39 is 28.0 Å². The van der Waals surface area contributed by atoms with Gasteiger partial charge in [0.2, 0.25) is 15.9 Å². The molecule has 32 heavy (non-hydrogen) atoms. The molecule has 1 heterocycles. The first-order chi connectivity index (χ1) is 15.0. The Balaban J connectivity index is 1.54. The lowest BCUT2D eigenvalue weighted by atomic mass is 9.69. The molecule has 2 bridgehead atoms. The van der Waals surface area contributed by atoms with Crippen molar-refractivity contribution in [3.8, 4) is 0 Å². The molecule has 1 saturated heterocycles. The molecule has 0 radical (unpaired) electrons. The SMILES string of the molecule is CC[C@H](C)[C@H](C(=O)N1[C@@H]2C[C@H]3CC[C@]2(CS1(=O)=O)C3(C)C)[C@@H](O)COCc1ccccc1. The van der Waals surface area contributed by atoms with Crippen LogP contribution in [0.4, 0.5) is 0 Å². The van der Waals surface area contributed by atoms with Crippen LogP contribution in [-0.4, -0.2) is 48.2 Å². The van der Waals surface area contributed by atoms with Gasteiger partial charge in [0.25, 0.3) is 0 Å². The van der Waals surface area contributed by atoms with Crippen molar-refractivity contribution in [2.45, 2.75) is 72.1 Å². The summed E-state index contributed by atoms with van der Waals surface area (Å²) >= 11 is 0. The van der Waals surface area contributed by atoms with E-state index in [9.17, 15) is 18.3 Å². The van der Waals surface area contributed by atoms with Crippen LogP contribution < -0.4 is 0 Å². The van der Waals surface area contributed by atoms with E-state index in [2.05, 4.69) is 13.8 Å². The highest BCUT2D eigenvalue weighted by molar-refractivity contribution is 7.90. The van der Waals surface area contributed by atoms with Gasteiger partial charge in [-0.25, -0.2) is 12.7 Å². The normalized spacial score (nSPS) is 32.5. The largest absolute Gasteiger partial charge is 0.390 e. The number of hydrogen-bond acceptors (Lipinski definition) is 5. The number of sulfonamides is 1. The van der Waals surface area contributed by atoms with Gasteiger partial charge in [0.1, 0.15) is 0 Å². The Morgan fingerprint density at radius 3 is 2.59 bits per heavy atom. The molecule has 3 fully saturated rings. The predicted octanol–water partition coefficient (Wildman–Crippen LogP) is 3.59. The van der Waals surface area contributed by atoms with E-state index in [-0.39, 0.29) is 35.1 Å². The van der Waals surface area contributed by atoms with Gasteiger partial charge in [-0.1, -0.05) is 64.4 Å². The van der Waals surface area contributed by atoms with E-state index in [1.54, 1.807) is 0 Å². The summed E-state index contributed by atoms with van der Waals surface area (Å²) in [6.45, 7) is 8.55. The van der Waals surface area contributed by atoms with Crippen molar-refractivity contribution >= 4 is 15.9 Å². The maximum atomic E-state index is 13.8. The third-order valence-electron chi connectivity index (χ3n) is 8.99. The summed E-state index contributed by atoms with van der Waals surface area (Å²) in [5.41, 5.74) is 0.531. The molecule has 1 aromatic carbocycles. The Labute approximate surface area is 192 Å². The minimum absolute atomic E-state index is 0.00649. The molecule has 6 nitrogen and oxygen atoms in total. The van der Waals surface area contributed by atoms with Crippen LogP contribution in [-0.2, 0) is 26.2 Å². The fraction of sp³-hybridized carbons (Fsp3) is 0.720. The number of hydrogen-bond donors (Lipinski definition) is 1. The third-order valence-corrected chi connectivity index (χ3v) is 10.9. The van der Waals surface area contributed by atoms with E-state index >= 15 is 0 Å². The van der Waals surface area contributed by atoms with Crippen molar-refractivity contribution in [1.82, 2.24) is 4.31 Å². The van der Waals surface area contributed by atoms with Gasteiger partial charge in [-0.05, 0) is 42.1 Å². The number of ether oxygens (including phenoxy) is 1. The van der Waals surface area contributed by atoms with Crippen molar-refractivity contribution in [3.05, 3.63) is 35.9 Å². The van der Waals surface area contributed by atoms with Crippen molar-refractivity contribution in [2.24, 2.45) is 28.6 Å². The molecule has 1 N–H and O–H groups in total. The number of nitrogens with zero attached hydrogens (tertiary/aromatic N) is 1. The summed E-state index contributed by atoms with van der Waals surface area (Å²) in [4.78, 5) is 13.8. The zero-order chi connectivity index (χ0) is 23.3. The van der Waals surface area contributed by atoms with E-state index in [1.807, 2.05) is 44.2 Å². The fourth-order valence-corrected chi connectivity index (χ4v) is 9.31. The second-order valence-corrected chi connectivity index (χ2v) is 12.6. The molecular weight excluding hydrogens is 426 g/mol. The fourth-order valence-electron chi connectivity index (χ4n) is 6.74. The minimum atomic E-state index is -3.71. The topological polar surface area (TPSA) is 83.9 Å². The lowest BCUT2D eigenvalue weighted by molar-refractivity contribution is -0.141. The van der Waals surface area contributed by atoms with E-state index in [1.165, 1.54) is 4.31 Å². The minimum Gasteiger partial charge on any atom is -0.390 e. The highest BCUT2D eigenvalue weighted by Crippen LogP contribution is 2.70. The summed E-state index contributed by atoms with van der Waals surface area (Å²) in [6, 6.07) is 9.37. The zero-order valence-corrected chi connectivity index (χ0v) is 20.5. The second kappa shape index (κ2) is 8.41. The molecule has 7 heteroatoms. The molecule has 178 valence electrons. The Kier molecular flexibility index (Phi) is 6.23. The highest BCUT2D eigenvalue weighted by Gasteiger charge is 2.72. The molecular formula is C25H37NO5S. The van der Waals surface area contributed by atoms with Gasteiger partial charge in [-0.2, -0.15) is 0 Å². The first-order valence-corrected chi connectivity index (χ1v) is 13.5. The molecule has 0 aromatic heterocycles. The summed E-state index contributed by atoms with van der Waals surface area (Å²) in [5.74, 6) is -0.910. The van der Waals surface area contributed by atoms with Crippen LogP contribution in [0.2, 0.25) is 0 Å². The molecule has 2 aliphatic carbocycles. The summed E-state index contributed by atoms with van der Waals surface area (Å²) in [5, 5.41) is 11.0. The van der Waals surface area contributed by atoms with Gasteiger partial charge in [-0.15, -0.1) is 0 Å². The quantitative estimate of drug-likeness (QED) is 0.637. The zero-order valence-electron chi connectivity index (χ0n) is 19.7. The van der Waals surface area contributed by atoms with Crippen LogP contribution in [0.15, 0.2) is 30.3 Å². The van der Waals surface area contributed by atoms with Crippen LogP contribution in [0, 0.1) is 28.6 Å². The average molecular weight is 464 g/mol. The van der Waals surface area contributed by atoms with Crippen molar-refractivity contribution < 1.29 is 23.1 Å². The second-order valence-electron chi connectivity index (χ2n) is 10.7. The number of aliphatic hydroxyl groups is 1. The van der Waals surface area contributed by atoms with Crippen molar-refractivity contribution in [1.29, 1.82) is 0 Å². The number of rotatable bonds is 8. The molecule has 1 spiro atoms. The standard InChI is InChI=1S/C25H37NO5S/c1-5-17(2)22(20(27)15-31-14-18-9-7-6-8-10-18)23(28)26-21-13-19-11-12-25(21,24(19,3)4)16-32(26,29)30/h6-10,17,19-22,27H,5,11-16H2,1-4H3/t17-,19+,20-,21+,22-,25+/m0/s1. The molecule has 1 aliphatic heterocycles. The maximum Gasteiger partial charge on any atom is 0.242 e.